The molecule has 138 valence electrons. The molecule has 2 unspecified atom stereocenters. The van der Waals surface area contributed by atoms with Gasteiger partial charge in [-0.1, -0.05) is 28.1 Å². The maximum absolute atomic E-state index is 12.5. The molecule has 1 aliphatic rings. The second kappa shape index (κ2) is 7.36. The van der Waals surface area contributed by atoms with E-state index in [2.05, 4.69) is 38.7 Å². The molecule has 2 rings (SSSR count). The van der Waals surface area contributed by atoms with Gasteiger partial charge in [0.2, 0.25) is 5.91 Å². The lowest BCUT2D eigenvalue weighted by atomic mass is 10.0. The van der Waals surface area contributed by atoms with Gasteiger partial charge in [-0.3, -0.25) is 4.79 Å². The van der Waals surface area contributed by atoms with Gasteiger partial charge in [-0.15, -0.1) is 0 Å². The summed E-state index contributed by atoms with van der Waals surface area (Å²) >= 11 is 3.47. The zero-order chi connectivity index (χ0) is 18.8. The normalized spacial score (nSPS) is 19.9. The van der Waals surface area contributed by atoms with Crippen LogP contribution in [-0.2, 0) is 9.53 Å². The summed E-state index contributed by atoms with van der Waals surface area (Å²) in [6, 6.07) is 8.08. The minimum atomic E-state index is -0.543. The summed E-state index contributed by atoms with van der Waals surface area (Å²) in [5.74, 6) is 0.295. The highest BCUT2D eigenvalue weighted by Crippen LogP contribution is 2.48. The van der Waals surface area contributed by atoms with Gasteiger partial charge < -0.3 is 15.4 Å². The molecule has 25 heavy (non-hydrogen) atoms. The van der Waals surface area contributed by atoms with Crippen molar-refractivity contribution in [3.63, 3.8) is 0 Å². The summed E-state index contributed by atoms with van der Waals surface area (Å²) in [5, 5.41) is 5.74. The molecule has 0 radical (unpaired) electrons. The number of alkyl carbamates (subject to hydrolysis) is 1. The highest BCUT2D eigenvalue weighted by atomic mass is 79.9. The lowest BCUT2D eigenvalue weighted by Crippen LogP contribution is -2.52. The first-order valence-corrected chi connectivity index (χ1v) is 9.30. The van der Waals surface area contributed by atoms with Crippen LogP contribution in [-0.4, -0.2) is 29.7 Å². The number of hydrogen-bond acceptors (Lipinski definition) is 3. The summed E-state index contributed by atoms with van der Waals surface area (Å²) in [6.45, 7) is 9.53. The Hall–Kier alpha value is -1.56. The van der Waals surface area contributed by atoms with Gasteiger partial charge in [-0.25, -0.2) is 4.79 Å². The van der Waals surface area contributed by atoms with Crippen molar-refractivity contribution in [2.75, 3.05) is 6.54 Å². The van der Waals surface area contributed by atoms with E-state index in [0.29, 0.717) is 6.54 Å². The van der Waals surface area contributed by atoms with Gasteiger partial charge in [-0.2, -0.15) is 0 Å². The Kier molecular flexibility index (Phi) is 5.82. The predicted molar refractivity (Wildman–Crippen MR) is 101 cm³/mol. The van der Waals surface area contributed by atoms with Crippen LogP contribution in [0, 0.1) is 5.92 Å². The SMILES string of the molecule is CC(C)(CNC(=O)OC(C)(C)C)NC(=O)C1CC1c1cccc(Br)c1. The molecule has 6 heteroatoms. The number of halogens is 1. The van der Waals surface area contributed by atoms with Crippen molar-refractivity contribution in [2.24, 2.45) is 5.92 Å². The van der Waals surface area contributed by atoms with Crippen LogP contribution in [0.3, 0.4) is 0 Å². The summed E-state index contributed by atoms with van der Waals surface area (Å²) in [7, 11) is 0. The molecule has 1 aromatic rings. The molecule has 1 aromatic carbocycles. The maximum atomic E-state index is 12.5. The van der Waals surface area contributed by atoms with Gasteiger partial charge in [0.1, 0.15) is 5.60 Å². The zero-order valence-corrected chi connectivity index (χ0v) is 17.1. The third-order valence-electron chi connectivity index (χ3n) is 3.94. The lowest BCUT2D eigenvalue weighted by Gasteiger charge is -2.28. The van der Waals surface area contributed by atoms with Crippen molar-refractivity contribution in [1.29, 1.82) is 0 Å². The Balaban J connectivity index is 1.82. The monoisotopic (exact) mass is 410 g/mol. The highest BCUT2D eigenvalue weighted by Gasteiger charge is 2.45. The van der Waals surface area contributed by atoms with Crippen LogP contribution >= 0.6 is 15.9 Å². The molecule has 1 fully saturated rings. The van der Waals surface area contributed by atoms with Gasteiger partial charge in [0.15, 0.2) is 0 Å². The van der Waals surface area contributed by atoms with Crippen molar-refractivity contribution in [1.82, 2.24) is 10.6 Å². The van der Waals surface area contributed by atoms with Crippen LogP contribution in [0.1, 0.15) is 52.5 Å². The Bertz CT molecular complexity index is 652. The number of rotatable bonds is 5. The van der Waals surface area contributed by atoms with E-state index in [-0.39, 0.29) is 17.7 Å². The second-order valence-electron chi connectivity index (χ2n) is 8.23. The van der Waals surface area contributed by atoms with E-state index in [1.807, 2.05) is 46.8 Å². The van der Waals surface area contributed by atoms with E-state index in [1.165, 1.54) is 5.56 Å². The quantitative estimate of drug-likeness (QED) is 0.771. The van der Waals surface area contributed by atoms with Gasteiger partial charge in [-0.05, 0) is 64.7 Å². The molecule has 1 saturated carbocycles. The van der Waals surface area contributed by atoms with E-state index >= 15 is 0 Å². The van der Waals surface area contributed by atoms with E-state index in [9.17, 15) is 9.59 Å². The molecule has 1 aliphatic carbocycles. The number of amides is 2. The fourth-order valence-electron chi connectivity index (χ4n) is 2.67. The molecular formula is C19H27BrN2O3. The molecule has 2 atom stereocenters. The van der Waals surface area contributed by atoms with Gasteiger partial charge in [0.05, 0.1) is 5.54 Å². The number of carbonyl (C=O) groups is 2. The van der Waals surface area contributed by atoms with Crippen molar-refractivity contribution < 1.29 is 14.3 Å². The lowest BCUT2D eigenvalue weighted by molar-refractivity contribution is -0.124. The fourth-order valence-corrected chi connectivity index (χ4v) is 3.09. The molecule has 0 spiro atoms. The van der Waals surface area contributed by atoms with Crippen LogP contribution < -0.4 is 10.6 Å². The van der Waals surface area contributed by atoms with E-state index in [1.54, 1.807) is 0 Å². The topological polar surface area (TPSA) is 67.4 Å². The van der Waals surface area contributed by atoms with Crippen LogP contribution in [0.15, 0.2) is 28.7 Å². The first-order chi connectivity index (χ1) is 11.5. The number of nitrogens with one attached hydrogen (secondary N) is 2. The summed E-state index contributed by atoms with van der Waals surface area (Å²) < 4.78 is 6.24. The average Bonchev–Trinajstić information content (AvgIpc) is 3.23. The molecular weight excluding hydrogens is 384 g/mol. The number of carbonyl (C=O) groups excluding carboxylic acids is 2. The Labute approximate surface area is 158 Å². The Morgan fingerprint density at radius 3 is 2.52 bits per heavy atom. The zero-order valence-electron chi connectivity index (χ0n) is 15.5. The van der Waals surface area contributed by atoms with E-state index in [4.69, 9.17) is 4.74 Å². The van der Waals surface area contributed by atoms with Gasteiger partial charge in [0.25, 0.3) is 0 Å². The largest absolute Gasteiger partial charge is 0.444 e. The minimum absolute atomic E-state index is 0.00454. The predicted octanol–water partition coefficient (Wildman–Crippen LogP) is 3.97. The first-order valence-electron chi connectivity index (χ1n) is 8.51. The van der Waals surface area contributed by atoms with Crippen molar-refractivity contribution in [2.45, 2.75) is 58.1 Å². The molecule has 0 heterocycles. The third kappa shape index (κ3) is 6.34. The van der Waals surface area contributed by atoms with Crippen LogP contribution in [0.2, 0.25) is 0 Å². The Morgan fingerprint density at radius 2 is 1.92 bits per heavy atom. The molecule has 0 saturated heterocycles. The molecule has 2 N–H and O–H groups in total. The Morgan fingerprint density at radius 1 is 1.24 bits per heavy atom. The standard InChI is InChI=1S/C19H27BrN2O3/c1-18(2,3)25-17(24)21-11-19(4,5)22-16(23)15-10-14(15)12-7-6-8-13(20)9-12/h6-9,14-15H,10-11H2,1-5H3,(H,21,24)(H,22,23). The fraction of sp³-hybridized carbons (Fsp3) is 0.579. The second-order valence-corrected chi connectivity index (χ2v) is 9.15. The smallest absolute Gasteiger partial charge is 0.407 e. The first kappa shape index (κ1) is 19.8. The van der Waals surface area contributed by atoms with Gasteiger partial charge >= 0.3 is 6.09 Å². The number of benzene rings is 1. The van der Waals surface area contributed by atoms with Crippen LogP contribution in [0.4, 0.5) is 4.79 Å². The third-order valence-corrected chi connectivity index (χ3v) is 4.43. The van der Waals surface area contributed by atoms with Crippen molar-refractivity contribution >= 4 is 27.9 Å². The maximum Gasteiger partial charge on any atom is 0.407 e. The number of hydrogen-bond donors (Lipinski definition) is 2. The van der Waals surface area contributed by atoms with E-state index in [0.717, 1.165) is 10.9 Å². The van der Waals surface area contributed by atoms with Crippen LogP contribution in [0.5, 0.6) is 0 Å². The summed E-state index contributed by atoms with van der Waals surface area (Å²) in [4.78, 5) is 24.3. The molecule has 0 bridgehead atoms. The molecule has 0 aliphatic heterocycles. The average molecular weight is 411 g/mol. The molecule has 2 amide bonds. The van der Waals surface area contributed by atoms with Crippen LogP contribution in [0.25, 0.3) is 0 Å². The summed E-state index contributed by atoms with van der Waals surface area (Å²) in [6.07, 6.45) is 0.381. The van der Waals surface area contributed by atoms with Gasteiger partial charge in [0, 0.05) is 16.9 Å². The van der Waals surface area contributed by atoms with Crippen molar-refractivity contribution in [3.05, 3.63) is 34.3 Å². The van der Waals surface area contributed by atoms with E-state index < -0.39 is 17.2 Å². The minimum Gasteiger partial charge on any atom is -0.444 e. The number of ether oxygens (including phenoxy) is 1. The molecule has 0 aromatic heterocycles. The van der Waals surface area contributed by atoms with Crippen molar-refractivity contribution in [3.8, 4) is 0 Å². The summed E-state index contributed by atoms with van der Waals surface area (Å²) in [5.41, 5.74) is 0.0975. The molecule has 5 nitrogen and oxygen atoms in total. The highest BCUT2D eigenvalue weighted by molar-refractivity contribution is 9.10.